The summed E-state index contributed by atoms with van der Waals surface area (Å²) in [6.07, 6.45) is 0.0344. The van der Waals surface area contributed by atoms with Crippen LogP contribution in [0.4, 0.5) is 20.6 Å². The quantitative estimate of drug-likeness (QED) is 0.789. The zero-order valence-electron chi connectivity index (χ0n) is 15.6. The number of amides is 2. The molecule has 0 radical (unpaired) electrons. The number of halogens is 1. The maximum Gasteiger partial charge on any atom is 0.411 e. The third kappa shape index (κ3) is 4.45. The highest BCUT2D eigenvalue weighted by molar-refractivity contribution is 5.95. The molecule has 1 aliphatic rings. The molecule has 5 nitrogen and oxygen atoms in total. The van der Waals surface area contributed by atoms with Gasteiger partial charge in [0.15, 0.2) is 0 Å². The zero-order valence-corrected chi connectivity index (χ0v) is 15.6. The molecule has 2 atom stereocenters. The molecule has 1 saturated carbocycles. The Balaban J connectivity index is 1.60. The summed E-state index contributed by atoms with van der Waals surface area (Å²) < 4.78 is 18.5. The number of rotatable bonds is 5. The molecule has 27 heavy (non-hydrogen) atoms. The molecular formula is C21H23FN2O3. The van der Waals surface area contributed by atoms with Crippen molar-refractivity contribution in [1.29, 1.82) is 0 Å². The Kier molecular flexibility index (Phi) is 5.44. The number of carbonyl (C=O) groups is 2. The lowest BCUT2D eigenvalue weighted by Crippen LogP contribution is -2.15. The van der Waals surface area contributed by atoms with Crippen LogP contribution < -0.4 is 10.6 Å². The lowest BCUT2D eigenvalue weighted by molar-refractivity contribution is -0.117. The molecule has 2 N–H and O–H groups in total. The Bertz CT molecular complexity index is 849. The van der Waals surface area contributed by atoms with Gasteiger partial charge >= 0.3 is 6.09 Å². The number of carbonyl (C=O) groups excluding carboxylic acids is 2. The molecule has 1 fully saturated rings. The van der Waals surface area contributed by atoms with Crippen LogP contribution in [0.5, 0.6) is 0 Å². The largest absolute Gasteiger partial charge is 0.453 e. The maximum atomic E-state index is 14.0. The smallest absolute Gasteiger partial charge is 0.411 e. The van der Waals surface area contributed by atoms with E-state index in [1.54, 1.807) is 6.07 Å². The minimum atomic E-state index is -0.755. The first kappa shape index (κ1) is 18.9. The number of nitrogens with one attached hydrogen (secondary N) is 2. The lowest BCUT2D eigenvalue weighted by Gasteiger charge is -2.09. The van der Waals surface area contributed by atoms with Gasteiger partial charge in [0.1, 0.15) is 5.82 Å². The number of anilines is 2. The Morgan fingerprint density at radius 3 is 2.41 bits per heavy atom. The Hall–Kier alpha value is -2.89. The SMILES string of the molecule is COC(=O)Nc1ccc(NC(=O)[C@H]2C[C@@H]2c2ccc(C(C)C)cc2)cc1F. The van der Waals surface area contributed by atoms with Crippen LogP contribution in [0.2, 0.25) is 0 Å². The van der Waals surface area contributed by atoms with E-state index in [4.69, 9.17) is 0 Å². The topological polar surface area (TPSA) is 67.4 Å². The van der Waals surface area contributed by atoms with Crippen molar-refractivity contribution in [2.45, 2.75) is 32.1 Å². The molecule has 2 aromatic rings. The minimum Gasteiger partial charge on any atom is -0.453 e. The van der Waals surface area contributed by atoms with Crippen LogP contribution in [-0.2, 0) is 9.53 Å². The van der Waals surface area contributed by atoms with E-state index in [2.05, 4.69) is 53.5 Å². The molecule has 0 unspecified atom stereocenters. The number of hydrogen-bond donors (Lipinski definition) is 2. The van der Waals surface area contributed by atoms with E-state index < -0.39 is 11.9 Å². The molecule has 0 saturated heterocycles. The van der Waals surface area contributed by atoms with Crippen molar-refractivity contribution in [3.05, 3.63) is 59.4 Å². The van der Waals surface area contributed by atoms with E-state index in [0.29, 0.717) is 11.6 Å². The molecule has 1 aliphatic carbocycles. The van der Waals surface area contributed by atoms with E-state index in [1.807, 2.05) is 0 Å². The van der Waals surface area contributed by atoms with Crippen LogP contribution in [0.15, 0.2) is 42.5 Å². The third-order valence-electron chi connectivity index (χ3n) is 4.82. The van der Waals surface area contributed by atoms with Gasteiger partial charge < -0.3 is 10.1 Å². The van der Waals surface area contributed by atoms with Gasteiger partial charge in [0.25, 0.3) is 0 Å². The Morgan fingerprint density at radius 2 is 1.81 bits per heavy atom. The van der Waals surface area contributed by atoms with Gasteiger partial charge in [-0.1, -0.05) is 38.1 Å². The Morgan fingerprint density at radius 1 is 1.11 bits per heavy atom. The number of hydrogen-bond acceptors (Lipinski definition) is 3. The second kappa shape index (κ2) is 7.78. The van der Waals surface area contributed by atoms with Crippen LogP contribution in [0.25, 0.3) is 0 Å². The highest BCUT2D eigenvalue weighted by Gasteiger charge is 2.43. The first-order valence-corrected chi connectivity index (χ1v) is 8.94. The van der Waals surface area contributed by atoms with Crippen molar-refractivity contribution in [3.8, 4) is 0 Å². The first-order valence-electron chi connectivity index (χ1n) is 8.94. The number of benzene rings is 2. The second-order valence-electron chi connectivity index (χ2n) is 7.07. The summed E-state index contributed by atoms with van der Waals surface area (Å²) in [5, 5.41) is 5.01. The van der Waals surface area contributed by atoms with Crippen molar-refractivity contribution in [3.63, 3.8) is 0 Å². The third-order valence-corrected chi connectivity index (χ3v) is 4.82. The summed E-state index contributed by atoms with van der Waals surface area (Å²) in [5.41, 5.74) is 2.78. The summed E-state index contributed by atoms with van der Waals surface area (Å²) >= 11 is 0. The number of methoxy groups -OCH3 is 1. The van der Waals surface area contributed by atoms with Gasteiger partial charge in [-0.05, 0) is 47.6 Å². The Labute approximate surface area is 157 Å². The van der Waals surface area contributed by atoms with Crippen LogP contribution in [0.3, 0.4) is 0 Å². The fourth-order valence-corrected chi connectivity index (χ4v) is 3.07. The van der Waals surface area contributed by atoms with Gasteiger partial charge in [-0.15, -0.1) is 0 Å². The summed E-state index contributed by atoms with van der Waals surface area (Å²) in [6, 6.07) is 12.5. The van der Waals surface area contributed by atoms with Gasteiger partial charge in [-0.2, -0.15) is 0 Å². The molecule has 2 amide bonds. The van der Waals surface area contributed by atoms with Gasteiger partial charge in [-0.3, -0.25) is 10.1 Å². The fourth-order valence-electron chi connectivity index (χ4n) is 3.07. The molecule has 142 valence electrons. The molecule has 0 aromatic heterocycles. The van der Waals surface area contributed by atoms with Gasteiger partial charge in [0, 0.05) is 11.6 Å². The standard InChI is InChI=1S/C21H23FN2O3/c1-12(2)13-4-6-14(7-5-13)16-11-17(16)20(25)23-15-8-9-19(18(22)10-15)24-21(26)27-3/h4-10,12,16-17H,11H2,1-3H3,(H,23,25)(H,24,26)/t16-,17+/m1/s1. The summed E-state index contributed by atoms with van der Waals surface area (Å²) in [6.45, 7) is 4.29. The van der Waals surface area contributed by atoms with Crippen LogP contribution in [0.1, 0.15) is 43.2 Å². The van der Waals surface area contributed by atoms with Crippen molar-refractivity contribution in [2.75, 3.05) is 17.7 Å². The average molecular weight is 370 g/mol. The van der Waals surface area contributed by atoms with Crippen LogP contribution in [-0.4, -0.2) is 19.1 Å². The van der Waals surface area contributed by atoms with E-state index in [9.17, 15) is 14.0 Å². The molecule has 0 bridgehead atoms. The predicted molar refractivity (Wildman–Crippen MR) is 102 cm³/mol. The van der Waals surface area contributed by atoms with Gasteiger partial charge in [0.2, 0.25) is 5.91 Å². The van der Waals surface area contributed by atoms with Crippen molar-refractivity contribution >= 4 is 23.4 Å². The van der Waals surface area contributed by atoms with E-state index in [0.717, 1.165) is 12.0 Å². The molecule has 3 rings (SSSR count). The van der Waals surface area contributed by atoms with Crippen LogP contribution >= 0.6 is 0 Å². The molecule has 0 spiro atoms. The molecule has 0 aliphatic heterocycles. The fraction of sp³-hybridized carbons (Fsp3) is 0.333. The second-order valence-corrected chi connectivity index (χ2v) is 7.07. The molecule has 0 heterocycles. The highest BCUT2D eigenvalue weighted by Crippen LogP contribution is 2.48. The maximum absolute atomic E-state index is 14.0. The minimum absolute atomic E-state index is 0.00519. The average Bonchev–Trinajstić information content (AvgIpc) is 3.45. The van der Waals surface area contributed by atoms with Gasteiger partial charge in [-0.25, -0.2) is 9.18 Å². The highest BCUT2D eigenvalue weighted by atomic mass is 19.1. The summed E-state index contributed by atoms with van der Waals surface area (Å²) in [7, 11) is 1.20. The van der Waals surface area contributed by atoms with Crippen molar-refractivity contribution in [2.24, 2.45) is 5.92 Å². The van der Waals surface area contributed by atoms with Crippen molar-refractivity contribution < 1.29 is 18.7 Å². The first-order chi connectivity index (χ1) is 12.9. The van der Waals surface area contributed by atoms with E-state index in [1.165, 1.54) is 24.8 Å². The number of ether oxygens (including phenoxy) is 1. The summed E-state index contributed by atoms with van der Waals surface area (Å²) in [5.74, 6) is -0.193. The molecule has 2 aromatic carbocycles. The zero-order chi connectivity index (χ0) is 19.6. The molecular weight excluding hydrogens is 347 g/mol. The summed E-state index contributed by atoms with van der Waals surface area (Å²) in [4.78, 5) is 23.6. The van der Waals surface area contributed by atoms with E-state index >= 15 is 0 Å². The monoisotopic (exact) mass is 370 g/mol. The van der Waals surface area contributed by atoms with E-state index in [-0.39, 0.29) is 23.4 Å². The van der Waals surface area contributed by atoms with Gasteiger partial charge in [0.05, 0.1) is 12.8 Å². The predicted octanol–water partition coefficient (Wildman–Crippen LogP) is 4.87. The normalized spacial score (nSPS) is 18.1. The van der Waals surface area contributed by atoms with Crippen molar-refractivity contribution in [1.82, 2.24) is 0 Å². The lowest BCUT2D eigenvalue weighted by atomic mass is 10.00. The molecule has 6 heteroatoms. The van der Waals surface area contributed by atoms with Crippen LogP contribution in [0, 0.1) is 11.7 Å².